The van der Waals surface area contributed by atoms with Gasteiger partial charge in [-0.1, -0.05) is 66.7 Å². The standard InChI is InChI=1S/C27H26N2O2/c1-19-11-10-16-24(21(19)3)28-18-25(30)29(23-14-8-5-9-15-23)26(27(28)31)20(2)17-22-12-6-4-7-13-22/h4-17,26H,18H2,1-3H3/b20-17+/t26-/m1/s1. The molecule has 1 saturated heterocycles. The number of para-hydroxylation sites is 1. The molecule has 0 saturated carbocycles. The van der Waals surface area contributed by atoms with E-state index in [1.54, 1.807) is 9.80 Å². The zero-order valence-corrected chi connectivity index (χ0v) is 18.1. The molecule has 0 bridgehead atoms. The van der Waals surface area contributed by atoms with Gasteiger partial charge in [-0.15, -0.1) is 0 Å². The number of nitrogens with zero attached hydrogens (tertiary/aromatic N) is 2. The van der Waals surface area contributed by atoms with Crippen LogP contribution in [0.15, 0.2) is 84.4 Å². The van der Waals surface area contributed by atoms with Crippen molar-refractivity contribution in [1.82, 2.24) is 0 Å². The van der Waals surface area contributed by atoms with Crippen molar-refractivity contribution in [3.05, 3.63) is 101 Å². The van der Waals surface area contributed by atoms with E-state index in [9.17, 15) is 9.59 Å². The van der Waals surface area contributed by atoms with Gasteiger partial charge in [0, 0.05) is 11.4 Å². The first-order chi connectivity index (χ1) is 15.0. The third-order valence-corrected chi connectivity index (χ3v) is 5.85. The molecule has 1 heterocycles. The van der Waals surface area contributed by atoms with Gasteiger partial charge in [0.05, 0.1) is 0 Å². The van der Waals surface area contributed by atoms with Crippen LogP contribution in [0.25, 0.3) is 6.08 Å². The zero-order chi connectivity index (χ0) is 22.0. The number of amides is 2. The maximum Gasteiger partial charge on any atom is 0.254 e. The smallest absolute Gasteiger partial charge is 0.254 e. The molecule has 0 N–H and O–H groups in total. The fraction of sp³-hybridized carbons (Fsp3) is 0.185. The Balaban J connectivity index is 1.82. The highest BCUT2D eigenvalue weighted by molar-refractivity contribution is 6.16. The summed E-state index contributed by atoms with van der Waals surface area (Å²) in [5.41, 5.74) is 5.45. The fourth-order valence-corrected chi connectivity index (χ4v) is 4.09. The molecule has 4 nitrogen and oxygen atoms in total. The lowest BCUT2D eigenvalue weighted by Gasteiger charge is -2.41. The molecule has 1 atom stereocenters. The fourth-order valence-electron chi connectivity index (χ4n) is 4.09. The Hall–Kier alpha value is -3.66. The minimum absolute atomic E-state index is 0.0210. The highest BCUT2D eigenvalue weighted by atomic mass is 16.2. The van der Waals surface area contributed by atoms with Crippen LogP contribution in [-0.4, -0.2) is 24.4 Å². The number of piperazine rings is 1. The van der Waals surface area contributed by atoms with Gasteiger partial charge in [-0.2, -0.15) is 0 Å². The highest BCUT2D eigenvalue weighted by Crippen LogP contribution is 2.32. The predicted octanol–water partition coefficient (Wildman–Crippen LogP) is 5.16. The first-order valence-corrected chi connectivity index (χ1v) is 10.5. The van der Waals surface area contributed by atoms with Crippen LogP contribution in [0.1, 0.15) is 23.6 Å². The second-order valence-corrected chi connectivity index (χ2v) is 7.94. The lowest BCUT2D eigenvalue weighted by Crippen LogP contribution is -2.61. The molecule has 3 aromatic rings. The summed E-state index contributed by atoms with van der Waals surface area (Å²) in [7, 11) is 0. The topological polar surface area (TPSA) is 40.6 Å². The number of hydrogen-bond acceptors (Lipinski definition) is 2. The second-order valence-electron chi connectivity index (χ2n) is 7.94. The lowest BCUT2D eigenvalue weighted by molar-refractivity contribution is -0.127. The van der Waals surface area contributed by atoms with Gasteiger partial charge < -0.3 is 4.90 Å². The normalized spacial score (nSPS) is 17.3. The first kappa shape index (κ1) is 20.6. The molecule has 0 aliphatic carbocycles. The minimum Gasteiger partial charge on any atom is -0.301 e. The molecule has 4 rings (SSSR count). The Morgan fingerprint density at radius 2 is 1.52 bits per heavy atom. The van der Waals surface area contributed by atoms with Gasteiger partial charge in [0.15, 0.2) is 0 Å². The number of hydrogen-bond donors (Lipinski definition) is 0. The lowest BCUT2D eigenvalue weighted by atomic mass is 9.97. The summed E-state index contributed by atoms with van der Waals surface area (Å²) in [6.07, 6.45) is 1.98. The van der Waals surface area contributed by atoms with E-state index in [0.717, 1.165) is 33.6 Å². The SMILES string of the molecule is C/C(=C\c1ccccc1)[C@@H]1C(=O)N(c2cccc(C)c2C)CC(=O)N1c1ccccc1. The number of aryl methyl sites for hydroxylation is 1. The van der Waals surface area contributed by atoms with Crippen LogP contribution in [0, 0.1) is 13.8 Å². The molecule has 3 aromatic carbocycles. The van der Waals surface area contributed by atoms with E-state index in [-0.39, 0.29) is 18.4 Å². The third kappa shape index (κ3) is 4.02. The highest BCUT2D eigenvalue weighted by Gasteiger charge is 2.42. The van der Waals surface area contributed by atoms with E-state index < -0.39 is 6.04 Å². The average Bonchev–Trinajstić information content (AvgIpc) is 2.78. The van der Waals surface area contributed by atoms with E-state index in [1.165, 1.54) is 0 Å². The van der Waals surface area contributed by atoms with Crippen molar-refractivity contribution >= 4 is 29.3 Å². The van der Waals surface area contributed by atoms with Crippen molar-refractivity contribution < 1.29 is 9.59 Å². The second kappa shape index (κ2) is 8.60. The Bertz CT molecular complexity index is 1140. The summed E-state index contributed by atoms with van der Waals surface area (Å²) in [4.78, 5) is 30.5. The predicted molar refractivity (Wildman–Crippen MR) is 126 cm³/mol. The van der Waals surface area contributed by atoms with Gasteiger partial charge in [0.25, 0.3) is 5.91 Å². The van der Waals surface area contributed by atoms with E-state index in [1.807, 2.05) is 106 Å². The number of rotatable bonds is 4. The number of carbonyl (C=O) groups excluding carboxylic acids is 2. The largest absolute Gasteiger partial charge is 0.301 e. The van der Waals surface area contributed by atoms with Crippen LogP contribution in [0.3, 0.4) is 0 Å². The molecule has 4 heteroatoms. The van der Waals surface area contributed by atoms with Crippen molar-refractivity contribution in [3.8, 4) is 0 Å². The molecular formula is C27H26N2O2. The molecule has 1 aliphatic rings. The Morgan fingerprint density at radius 3 is 2.19 bits per heavy atom. The quantitative estimate of drug-likeness (QED) is 0.596. The van der Waals surface area contributed by atoms with E-state index in [4.69, 9.17) is 0 Å². The van der Waals surface area contributed by atoms with Gasteiger partial charge in [-0.3, -0.25) is 14.5 Å². The maximum atomic E-state index is 13.8. The van der Waals surface area contributed by atoms with Crippen LogP contribution in [0.5, 0.6) is 0 Å². The first-order valence-electron chi connectivity index (χ1n) is 10.5. The minimum atomic E-state index is -0.705. The molecule has 156 valence electrons. The van der Waals surface area contributed by atoms with Crippen molar-refractivity contribution in [3.63, 3.8) is 0 Å². The molecule has 31 heavy (non-hydrogen) atoms. The molecule has 0 radical (unpaired) electrons. The number of anilines is 2. The molecule has 0 aromatic heterocycles. The Labute approximate surface area is 183 Å². The number of benzene rings is 3. The summed E-state index contributed by atoms with van der Waals surface area (Å²) < 4.78 is 0. The van der Waals surface area contributed by atoms with Gasteiger partial charge in [0.1, 0.15) is 12.6 Å². The van der Waals surface area contributed by atoms with Crippen LogP contribution in [0.4, 0.5) is 11.4 Å². The van der Waals surface area contributed by atoms with Crippen LogP contribution < -0.4 is 9.80 Å². The van der Waals surface area contributed by atoms with Crippen molar-refractivity contribution in [2.24, 2.45) is 0 Å². The van der Waals surface area contributed by atoms with Gasteiger partial charge in [-0.25, -0.2) is 0 Å². The molecule has 0 spiro atoms. The maximum absolute atomic E-state index is 13.8. The van der Waals surface area contributed by atoms with Crippen molar-refractivity contribution in [2.45, 2.75) is 26.8 Å². The summed E-state index contributed by atoms with van der Waals surface area (Å²) in [5.74, 6) is -0.195. The van der Waals surface area contributed by atoms with Crippen molar-refractivity contribution in [2.75, 3.05) is 16.3 Å². The summed E-state index contributed by atoms with van der Waals surface area (Å²) >= 11 is 0. The van der Waals surface area contributed by atoms with Gasteiger partial charge in [0.2, 0.25) is 5.91 Å². The average molecular weight is 411 g/mol. The Kier molecular flexibility index (Phi) is 5.72. The molecular weight excluding hydrogens is 384 g/mol. The monoisotopic (exact) mass is 410 g/mol. The van der Waals surface area contributed by atoms with Gasteiger partial charge >= 0.3 is 0 Å². The van der Waals surface area contributed by atoms with E-state index in [0.29, 0.717) is 0 Å². The van der Waals surface area contributed by atoms with Crippen LogP contribution in [-0.2, 0) is 9.59 Å². The van der Waals surface area contributed by atoms with E-state index in [2.05, 4.69) is 0 Å². The zero-order valence-electron chi connectivity index (χ0n) is 18.1. The van der Waals surface area contributed by atoms with Gasteiger partial charge in [-0.05, 0) is 61.2 Å². The molecule has 2 amide bonds. The number of carbonyl (C=O) groups is 2. The van der Waals surface area contributed by atoms with Crippen LogP contribution >= 0.6 is 0 Å². The molecule has 1 fully saturated rings. The van der Waals surface area contributed by atoms with Crippen LogP contribution in [0.2, 0.25) is 0 Å². The summed E-state index contributed by atoms with van der Waals surface area (Å²) in [6.45, 7) is 5.95. The van der Waals surface area contributed by atoms with Crippen molar-refractivity contribution in [1.29, 1.82) is 0 Å². The third-order valence-electron chi connectivity index (χ3n) is 5.85. The molecule has 0 unspecified atom stereocenters. The molecule has 1 aliphatic heterocycles. The Morgan fingerprint density at radius 1 is 0.871 bits per heavy atom. The van der Waals surface area contributed by atoms with E-state index >= 15 is 0 Å². The summed E-state index contributed by atoms with van der Waals surface area (Å²) in [6, 6.07) is 24.5. The summed E-state index contributed by atoms with van der Waals surface area (Å²) in [5, 5.41) is 0.